The van der Waals surface area contributed by atoms with Gasteiger partial charge >= 0.3 is 5.97 Å². The molecule has 0 radical (unpaired) electrons. The van der Waals surface area contributed by atoms with Crippen molar-refractivity contribution in [3.63, 3.8) is 0 Å². The average Bonchev–Trinajstić information content (AvgIpc) is 3.23. The summed E-state index contributed by atoms with van der Waals surface area (Å²) in [5, 5.41) is 23.8. The standard InChI is InChI=1S/C53H101NO5/c1-4-7-10-13-16-19-22-25-27-30-33-36-39-42-45-51(56)50(48-55)54-52(57)47-49(44-41-38-35-32-29-24-21-18-15-12-9-6-3)59-53(58)46-43-40-37-34-31-28-26-23-20-17-14-11-8-5-2/h8,11,17,20,49-51,55-56H,4-7,9-10,12-16,18-19,21-48H2,1-3H3,(H,54,57)/b11-8+,20-17+. The maximum absolute atomic E-state index is 13.2. The Kier molecular flexibility index (Phi) is 46.1. The number of aliphatic hydroxyl groups is 2. The van der Waals surface area contributed by atoms with Gasteiger partial charge in [-0.2, -0.15) is 0 Å². The average molecular weight is 832 g/mol. The fraction of sp³-hybridized carbons (Fsp3) is 0.887. The molecule has 0 bridgehead atoms. The van der Waals surface area contributed by atoms with Gasteiger partial charge in [-0.15, -0.1) is 0 Å². The molecule has 0 aliphatic carbocycles. The summed E-state index contributed by atoms with van der Waals surface area (Å²) < 4.78 is 5.93. The number of ether oxygens (including phenoxy) is 1. The summed E-state index contributed by atoms with van der Waals surface area (Å²) in [5.41, 5.74) is 0. The summed E-state index contributed by atoms with van der Waals surface area (Å²) in [6, 6.07) is -0.697. The van der Waals surface area contributed by atoms with E-state index in [-0.39, 0.29) is 24.9 Å². The van der Waals surface area contributed by atoms with Crippen molar-refractivity contribution < 1.29 is 24.5 Å². The first-order chi connectivity index (χ1) is 29.0. The van der Waals surface area contributed by atoms with E-state index in [9.17, 15) is 19.8 Å². The zero-order valence-electron chi connectivity index (χ0n) is 39.7. The van der Waals surface area contributed by atoms with Gasteiger partial charge in [0.2, 0.25) is 5.91 Å². The van der Waals surface area contributed by atoms with Gasteiger partial charge in [0.05, 0.1) is 25.2 Å². The van der Waals surface area contributed by atoms with Crippen LogP contribution in [0.1, 0.15) is 278 Å². The van der Waals surface area contributed by atoms with Gasteiger partial charge in [-0.1, -0.05) is 238 Å². The molecule has 3 atom stereocenters. The Morgan fingerprint density at radius 2 is 0.915 bits per heavy atom. The van der Waals surface area contributed by atoms with Gasteiger partial charge in [-0.05, 0) is 51.4 Å². The number of nitrogens with one attached hydrogen (secondary N) is 1. The van der Waals surface area contributed by atoms with Crippen molar-refractivity contribution in [2.75, 3.05) is 6.61 Å². The lowest BCUT2D eigenvalue weighted by Gasteiger charge is -2.24. The molecule has 0 aromatic heterocycles. The van der Waals surface area contributed by atoms with E-state index in [1.54, 1.807) is 0 Å². The minimum atomic E-state index is -0.784. The van der Waals surface area contributed by atoms with E-state index in [1.807, 2.05) is 0 Å². The Balaban J connectivity index is 4.52. The smallest absolute Gasteiger partial charge is 0.306 e. The van der Waals surface area contributed by atoms with Crippen LogP contribution in [0.4, 0.5) is 0 Å². The van der Waals surface area contributed by atoms with Gasteiger partial charge in [0.15, 0.2) is 0 Å². The molecule has 348 valence electrons. The Bertz CT molecular complexity index is 935. The number of carbonyl (C=O) groups excluding carboxylic acids is 2. The number of hydrogen-bond acceptors (Lipinski definition) is 5. The molecule has 0 saturated heterocycles. The number of aliphatic hydroxyl groups excluding tert-OH is 2. The van der Waals surface area contributed by atoms with Crippen LogP contribution in [0.25, 0.3) is 0 Å². The van der Waals surface area contributed by atoms with Crippen LogP contribution >= 0.6 is 0 Å². The topological polar surface area (TPSA) is 95.9 Å². The molecule has 6 heteroatoms. The van der Waals surface area contributed by atoms with Crippen LogP contribution in [-0.4, -0.2) is 46.9 Å². The van der Waals surface area contributed by atoms with E-state index in [0.717, 1.165) is 64.2 Å². The molecule has 0 aliphatic rings. The molecule has 0 spiro atoms. The van der Waals surface area contributed by atoms with E-state index >= 15 is 0 Å². The number of hydrogen-bond donors (Lipinski definition) is 3. The molecule has 6 nitrogen and oxygen atoms in total. The molecule has 59 heavy (non-hydrogen) atoms. The number of amides is 1. The third kappa shape index (κ3) is 42.8. The zero-order chi connectivity index (χ0) is 43.1. The van der Waals surface area contributed by atoms with Gasteiger partial charge in [0.25, 0.3) is 0 Å². The number of unbranched alkanes of at least 4 members (excludes halogenated alkanes) is 31. The molecule has 0 aliphatic heterocycles. The molecule has 3 N–H and O–H groups in total. The summed E-state index contributed by atoms with van der Waals surface area (Å²) in [7, 11) is 0. The van der Waals surface area contributed by atoms with E-state index in [4.69, 9.17) is 4.74 Å². The second-order valence-electron chi connectivity index (χ2n) is 17.9. The minimum Gasteiger partial charge on any atom is -0.462 e. The van der Waals surface area contributed by atoms with Crippen molar-refractivity contribution in [1.82, 2.24) is 5.32 Å². The summed E-state index contributed by atoms with van der Waals surface area (Å²) in [4.78, 5) is 26.1. The number of allylic oxidation sites excluding steroid dienone is 4. The second-order valence-corrected chi connectivity index (χ2v) is 17.9. The predicted octanol–water partition coefficient (Wildman–Crippen LogP) is 15.5. The molecule has 0 aromatic carbocycles. The number of rotatable bonds is 47. The molecule has 0 aromatic rings. The van der Waals surface area contributed by atoms with Crippen LogP contribution in [0.3, 0.4) is 0 Å². The van der Waals surface area contributed by atoms with Crippen LogP contribution in [0.2, 0.25) is 0 Å². The molecular formula is C53H101NO5. The van der Waals surface area contributed by atoms with Crippen molar-refractivity contribution in [3.8, 4) is 0 Å². The quantitative estimate of drug-likeness (QED) is 0.0322. The molecule has 3 unspecified atom stereocenters. The SMILES string of the molecule is CC/C=C/C/C=C/CCCCCCCCCC(=O)OC(CCCCCCCCCCCCCC)CC(=O)NC(CO)C(O)CCCCCCCCCCCCCCCC. The van der Waals surface area contributed by atoms with Crippen LogP contribution < -0.4 is 5.32 Å². The van der Waals surface area contributed by atoms with Gasteiger partial charge < -0.3 is 20.3 Å². The lowest BCUT2D eigenvalue weighted by atomic mass is 10.0. The monoisotopic (exact) mass is 832 g/mol. The fourth-order valence-corrected chi connectivity index (χ4v) is 8.12. The lowest BCUT2D eigenvalue weighted by Crippen LogP contribution is -2.46. The summed E-state index contributed by atoms with van der Waals surface area (Å²) in [6.45, 7) is 6.40. The van der Waals surface area contributed by atoms with Crippen LogP contribution in [-0.2, 0) is 14.3 Å². The van der Waals surface area contributed by atoms with E-state index in [0.29, 0.717) is 19.3 Å². The summed E-state index contributed by atoms with van der Waals surface area (Å²) in [6.07, 6.45) is 53.8. The fourth-order valence-electron chi connectivity index (χ4n) is 8.12. The highest BCUT2D eigenvalue weighted by Crippen LogP contribution is 2.18. The summed E-state index contributed by atoms with van der Waals surface area (Å²) in [5.74, 6) is -0.469. The Morgan fingerprint density at radius 3 is 1.37 bits per heavy atom. The zero-order valence-corrected chi connectivity index (χ0v) is 39.7. The normalized spacial score (nSPS) is 13.4. The largest absolute Gasteiger partial charge is 0.462 e. The van der Waals surface area contributed by atoms with E-state index in [2.05, 4.69) is 50.4 Å². The third-order valence-electron chi connectivity index (χ3n) is 12.0. The van der Waals surface area contributed by atoms with Crippen molar-refractivity contribution in [3.05, 3.63) is 24.3 Å². The van der Waals surface area contributed by atoms with Crippen molar-refractivity contribution in [1.29, 1.82) is 0 Å². The van der Waals surface area contributed by atoms with Crippen LogP contribution in [0.15, 0.2) is 24.3 Å². The highest BCUT2D eigenvalue weighted by atomic mass is 16.5. The van der Waals surface area contributed by atoms with Gasteiger partial charge in [-0.3, -0.25) is 9.59 Å². The minimum absolute atomic E-state index is 0.0798. The first kappa shape index (κ1) is 57.3. The van der Waals surface area contributed by atoms with Gasteiger partial charge in [-0.25, -0.2) is 0 Å². The summed E-state index contributed by atoms with van der Waals surface area (Å²) >= 11 is 0. The lowest BCUT2D eigenvalue weighted by molar-refractivity contribution is -0.151. The maximum Gasteiger partial charge on any atom is 0.306 e. The molecule has 0 fully saturated rings. The number of carbonyl (C=O) groups is 2. The van der Waals surface area contributed by atoms with Crippen molar-refractivity contribution in [2.45, 2.75) is 296 Å². The molecule has 0 heterocycles. The molecule has 0 saturated carbocycles. The molecule has 1 amide bonds. The predicted molar refractivity (Wildman–Crippen MR) is 255 cm³/mol. The second kappa shape index (κ2) is 47.4. The Labute approximate surface area is 367 Å². The van der Waals surface area contributed by atoms with Crippen LogP contribution in [0, 0.1) is 0 Å². The Morgan fingerprint density at radius 1 is 0.508 bits per heavy atom. The Hall–Kier alpha value is -1.66. The van der Waals surface area contributed by atoms with Gasteiger partial charge in [0, 0.05) is 6.42 Å². The highest BCUT2D eigenvalue weighted by Gasteiger charge is 2.24. The number of esters is 1. The van der Waals surface area contributed by atoms with Gasteiger partial charge in [0.1, 0.15) is 6.10 Å². The molecule has 0 rings (SSSR count). The van der Waals surface area contributed by atoms with E-state index in [1.165, 1.54) is 167 Å². The first-order valence-electron chi connectivity index (χ1n) is 26.1. The third-order valence-corrected chi connectivity index (χ3v) is 12.0. The van der Waals surface area contributed by atoms with E-state index < -0.39 is 18.2 Å². The molecular weight excluding hydrogens is 731 g/mol. The maximum atomic E-state index is 13.2. The van der Waals surface area contributed by atoms with Crippen molar-refractivity contribution >= 4 is 11.9 Å². The van der Waals surface area contributed by atoms with Crippen LogP contribution in [0.5, 0.6) is 0 Å². The highest BCUT2D eigenvalue weighted by molar-refractivity contribution is 5.77. The first-order valence-corrected chi connectivity index (χ1v) is 26.1. The van der Waals surface area contributed by atoms with Crippen molar-refractivity contribution in [2.24, 2.45) is 0 Å².